The maximum absolute atomic E-state index is 13.3. The number of aliphatic hydroxyl groups is 2. The Morgan fingerprint density at radius 2 is 0.696 bits per heavy atom. The number of esters is 1. The zero-order valence-electron chi connectivity index (χ0n) is 46.7. The van der Waals surface area contributed by atoms with Gasteiger partial charge in [0, 0.05) is 6.42 Å². The normalized spacial score (nSPS) is 13.2. The van der Waals surface area contributed by atoms with Gasteiger partial charge in [0.1, 0.15) is 6.10 Å². The van der Waals surface area contributed by atoms with Gasteiger partial charge in [0.2, 0.25) is 5.91 Å². The molecule has 3 atom stereocenters. The van der Waals surface area contributed by atoms with Crippen molar-refractivity contribution >= 4 is 11.9 Å². The van der Waals surface area contributed by atoms with Gasteiger partial charge in [-0.25, -0.2) is 0 Å². The number of hydrogen-bond donors (Lipinski definition) is 3. The topological polar surface area (TPSA) is 95.9 Å². The monoisotopic (exact) mass is 972 g/mol. The highest BCUT2D eigenvalue weighted by Gasteiger charge is 2.24. The molecule has 6 nitrogen and oxygen atoms in total. The molecular formula is C63H121NO5. The number of unbranched alkanes of at least 4 members (excludes halogenated alkanes) is 41. The molecule has 0 fully saturated rings. The number of ether oxygens (including phenoxy) is 1. The molecule has 0 aliphatic carbocycles. The molecule has 408 valence electrons. The zero-order chi connectivity index (χ0) is 50.2. The molecule has 0 radical (unpaired) electrons. The summed E-state index contributed by atoms with van der Waals surface area (Å²) in [6.45, 7) is 6.52. The smallest absolute Gasteiger partial charge is 0.306 e. The summed E-state index contributed by atoms with van der Waals surface area (Å²) in [6.07, 6.45) is 68.2. The summed E-state index contributed by atoms with van der Waals surface area (Å²) >= 11 is 0. The Morgan fingerprint density at radius 3 is 1.04 bits per heavy atom. The fourth-order valence-electron chi connectivity index (χ4n) is 9.78. The third kappa shape index (κ3) is 52.5. The lowest BCUT2D eigenvalue weighted by molar-refractivity contribution is -0.151. The quantitative estimate of drug-likeness (QED) is 0.0321. The maximum Gasteiger partial charge on any atom is 0.306 e. The molecule has 69 heavy (non-hydrogen) atoms. The van der Waals surface area contributed by atoms with E-state index in [2.05, 4.69) is 50.4 Å². The van der Waals surface area contributed by atoms with E-state index in [1.165, 1.54) is 238 Å². The molecule has 3 N–H and O–H groups in total. The van der Waals surface area contributed by atoms with Crippen LogP contribution in [0, 0.1) is 0 Å². The summed E-state index contributed by atoms with van der Waals surface area (Å²) < 4.78 is 5.97. The summed E-state index contributed by atoms with van der Waals surface area (Å²) in [5, 5.41) is 23.9. The molecule has 0 rings (SSSR count). The van der Waals surface area contributed by atoms with Gasteiger partial charge >= 0.3 is 5.97 Å². The van der Waals surface area contributed by atoms with Crippen LogP contribution in [0.2, 0.25) is 0 Å². The number of allylic oxidation sites excluding steroid dienone is 4. The van der Waals surface area contributed by atoms with Gasteiger partial charge in [-0.1, -0.05) is 276 Å². The van der Waals surface area contributed by atoms with Gasteiger partial charge in [0.25, 0.3) is 0 Å². The Balaban J connectivity index is 4.48. The van der Waals surface area contributed by atoms with E-state index >= 15 is 0 Å². The third-order valence-corrected chi connectivity index (χ3v) is 14.5. The standard InChI is InChI=1S/C63H121NO5/c1-4-7-10-13-16-19-22-25-28-30-31-33-35-38-41-44-47-50-53-56-63(68)69-59(54-51-48-45-42-39-36-27-24-21-18-15-12-9-6-3)57-62(67)64-60(58-65)61(66)55-52-49-46-43-40-37-34-32-29-26-23-20-17-14-11-8-5-2/h25,28,36,39,59-61,65-66H,4-24,26-27,29-35,37-38,40-58H2,1-3H3,(H,64,67)/b28-25+,39-36+. The van der Waals surface area contributed by atoms with Crippen LogP contribution >= 0.6 is 0 Å². The molecule has 0 spiro atoms. The molecule has 0 aromatic carbocycles. The summed E-state index contributed by atoms with van der Waals surface area (Å²) in [5.41, 5.74) is 0. The number of hydrogen-bond acceptors (Lipinski definition) is 5. The highest BCUT2D eigenvalue weighted by Crippen LogP contribution is 2.19. The van der Waals surface area contributed by atoms with Crippen LogP contribution in [0.15, 0.2) is 24.3 Å². The molecule has 0 aromatic heterocycles. The van der Waals surface area contributed by atoms with E-state index in [-0.39, 0.29) is 24.9 Å². The van der Waals surface area contributed by atoms with Gasteiger partial charge < -0.3 is 20.3 Å². The number of carbonyl (C=O) groups is 2. The lowest BCUT2D eigenvalue weighted by atomic mass is 10.0. The summed E-state index contributed by atoms with van der Waals surface area (Å²) in [7, 11) is 0. The van der Waals surface area contributed by atoms with E-state index < -0.39 is 18.2 Å². The number of aliphatic hydroxyl groups excluding tert-OH is 2. The SMILES string of the molecule is CCCCCCCC/C=C/CCCCCCCCCCCC(=O)OC(CCCCC/C=C/CCCCCCCCC)CC(=O)NC(CO)C(O)CCCCCCCCCCCCCCCCCCC. The summed E-state index contributed by atoms with van der Waals surface area (Å²) in [6, 6.07) is -0.704. The van der Waals surface area contributed by atoms with Crippen LogP contribution in [0.1, 0.15) is 342 Å². The highest BCUT2D eigenvalue weighted by molar-refractivity contribution is 5.77. The molecule has 6 heteroatoms. The first kappa shape index (κ1) is 67.3. The first-order valence-corrected chi connectivity index (χ1v) is 31.1. The number of amides is 1. The van der Waals surface area contributed by atoms with Crippen LogP contribution < -0.4 is 5.32 Å². The van der Waals surface area contributed by atoms with Crippen molar-refractivity contribution in [3.05, 3.63) is 24.3 Å². The van der Waals surface area contributed by atoms with Gasteiger partial charge in [-0.2, -0.15) is 0 Å². The fourth-order valence-corrected chi connectivity index (χ4v) is 9.78. The van der Waals surface area contributed by atoms with E-state index in [1.807, 2.05) is 0 Å². The number of carbonyl (C=O) groups excluding carboxylic acids is 2. The average Bonchev–Trinajstić information content (AvgIpc) is 3.34. The minimum Gasteiger partial charge on any atom is -0.462 e. The van der Waals surface area contributed by atoms with E-state index in [1.54, 1.807) is 0 Å². The Hall–Kier alpha value is -1.66. The van der Waals surface area contributed by atoms with E-state index in [0.717, 1.165) is 57.8 Å². The van der Waals surface area contributed by atoms with E-state index in [9.17, 15) is 19.8 Å². The molecular weight excluding hydrogens is 851 g/mol. The van der Waals surface area contributed by atoms with Gasteiger partial charge in [-0.15, -0.1) is 0 Å². The summed E-state index contributed by atoms with van der Waals surface area (Å²) in [5.74, 6) is -0.471. The second kappa shape index (κ2) is 57.2. The van der Waals surface area contributed by atoms with Crippen LogP contribution in [-0.2, 0) is 14.3 Å². The van der Waals surface area contributed by atoms with Crippen molar-refractivity contribution in [3.63, 3.8) is 0 Å². The van der Waals surface area contributed by atoms with E-state index in [0.29, 0.717) is 19.3 Å². The molecule has 0 saturated carbocycles. The molecule has 0 saturated heterocycles. The highest BCUT2D eigenvalue weighted by atomic mass is 16.5. The van der Waals surface area contributed by atoms with Crippen molar-refractivity contribution in [1.29, 1.82) is 0 Å². The van der Waals surface area contributed by atoms with Crippen molar-refractivity contribution < 1.29 is 24.5 Å². The number of rotatable bonds is 57. The first-order valence-electron chi connectivity index (χ1n) is 31.1. The summed E-state index contributed by atoms with van der Waals surface area (Å²) in [4.78, 5) is 26.3. The van der Waals surface area contributed by atoms with Crippen LogP contribution in [0.4, 0.5) is 0 Å². The van der Waals surface area contributed by atoms with Crippen LogP contribution in [0.3, 0.4) is 0 Å². The third-order valence-electron chi connectivity index (χ3n) is 14.5. The predicted molar refractivity (Wildman–Crippen MR) is 301 cm³/mol. The van der Waals surface area contributed by atoms with Crippen molar-refractivity contribution in [2.24, 2.45) is 0 Å². The largest absolute Gasteiger partial charge is 0.462 e. The van der Waals surface area contributed by atoms with E-state index in [4.69, 9.17) is 4.74 Å². The Labute approximate surface area is 431 Å². The average molecular weight is 973 g/mol. The number of nitrogens with one attached hydrogen (secondary N) is 1. The van der Waals surface area contributed by atoms with Gasteiger partial charge in [-0.3, -0.25) is 9.59 Å². The molecule has 0 aliphatic heterocycles. The van der Waals surface area contributed by atoms with Crippen molar-refractivity contribution in [2.45, 2.75) is 360 Å². The fraction of sp³-hybridized carbons (Fsp3) is 0.905. The molecule has 0 bridgehead atoms. The lowest BCUT2D eigenvalue weighted by Crippen LogP contribution is -2.46. The maximum atomic E-state index is 13.3. The Morgan fingerprint density at radius 1 is 0.406 bits per heavy atom. The van der Waals surface area contributed by atoms with Gasteiger partial charge in [0.05, 0.1) is 25.2 Å². The van der Waals surface area contributed by atoms with Crippen LogP contribution in [0.25, 0.3) is 0 Å². The molecule has 0 aliphatic rings. The Kier molecular flexibility index (Phi) is 55.9. The second-order valence-electron chi connectivity index (χ2n) is 21.5. The first-order chi connectivity index (χ1) is 34.0. The minimum atomic E-state index is -0.790. The molecule has 0 heterocycles. The van der Waals surface area contributed by atoms with Crippen molar-refractivity contribution in [1.82, 2.24) is 5.32 Å². The van der Waals surface area contributed by atoms with Crippen molar-refractivity contribution in [2.75, 3.05) is 6.61 Å². The van der Waals surface area contributed by atoms with Crippen LogP contribution in [-0.4, -0.2) is 46.9 Å². The van der Waals surface area contributed by atoms with Crippen LogP contribution in [0.5, 0.6) is 0 Å². The predicted octanol–water partition coefficient (Wildman–Crippen LogP) is 19.4. The van der Waals surface area contributed by atoms with Gasteiger partial charge in [0.15, 0.2) is 0 Å². The Bertz CT molecular complexity index is 1090. The zero-order valence-corrected chi connectivity index (χ0v) is 46.7. The molecule has 1 amide bonds. The lowest BCUT2D eigenvalue weighted by Gasteiger charge is -2.24. The van der Waals surface area contributed by atoms with Gasteiger partial charge in [-0.05, 0) is 77.0 Å². The molecule has 0 aromatic rings. The minimum absolute atomic E-state index is 0.0713. The van der Waals surface area contributed by atoms with Crippen molar-refractivity contribution in [3.8, 4) is 0 Å². The molecule has 3 unspecified atom stereocenters. The second-order valence-corrected chi connectivity index (χ2v) is 21.5.